The van der Waals surface area contributed by atoms with Gasteiger partial charge < -0.3 is 25.2 Å². The number of amides is 1. The molecule has 28 heavy (non-hydrogen) atoms. The SMILES string of the molecule is CNCCN1CC[C@@H](CNC(=O)c2cc(Cl)c(Br)c3c2OCCCO3)[C@H](O)C1. The van der Waals surface area contributed by atoms with Gasteiger partial charge in [0.15, 0.2) is 11.5 Å². The Bertz CT molecular complexity index is 706. The molecule has 0 aliphatic carbocycles. The van der Waals surface area contributed by atoms with E-state index in [1.54, 1.807) is 6.07 Å². The van der Waals surface area contributed by atoms with E-state index in [0.29, 0.717) is 52.9 Å². The van der Waals surface area contributed by atoms with Crippen molar-refractivity contribution in [3.8, 4) is 11.5 Å². The highest BCUT2D eigenvalue weighted by molar-refractivity contribution is 9.10. The molecule has 0 bridgehead atoms. The second kappa shape index (κ2) is 10.1. The lowest BCUT2D eigenvalue weighted by molar-refractivity contribution is 0.0228. The van der Waals surface area contributed by atoms with E-state index in [1.165, 1.54) is 0 Å². The van der Waals surface area contributed by atoms with Gasteiger partial charge in [0.1, 0.15) is 0 Å². The third-order valence-corrected chi connectivity index (χ3v) is 6.48. The van der Waals surface area contributed by atoms with E-state index in [4.69, 9.17) is 21.1 Å². The second-order valence-corrected chi connectivity index (χ2v) is 8.36. The van der Waals surface area contributed by atoms with Gasteiger partial charge in [-0.2, -0.15) is 0 Å². The number of hydrogen-bond donors (Lipinski definition) is 3. The summed E-state index contributed by atoms with van der Waals surface area (Å²) in [5.41, 5.74) is 0.353. The van der Waals surface area contributed by atoms with Crippen molar-refractivity contribution in [1.82, 2.24) is 15.5 Å². The van der Waals surface area contributed by atoms with Crippen LogP contribution in [-0.4, -0.2) is 75.0 Å². The molecule has 1 fully saturated rings. The molecule has 9 heteroatoms. The molecule has 2 heterocycles. The third-order valence-electron chi connectivity index (χ3n) is 5.17. The van der Waals surface area contributed by atoms with Crippen LogP contribution in [0, 0.1) is 5.92 Å². The fourth-order valence-electron chi connectivity index (χ4n) is 3.51. The average Bonchev–Trinajstić information content (AvgIpc) is 2.94. The lowest BCUT2D eigenvalue weighted by Gasteiger charge is -2.36. The highest BCUT2D eigenvalue weighted by atomic mass is 79.9. The Balaban J connectivity index is 1.63. The molecule has 3 rings (SSSR count). The van der Waals surface area contributed by atoms with Crippen LogP contribution < -0.4 is 20.1 Å². The molecule has 7 nitrogen and oxygen atoms in total. The fraction of sp³-hybridized carbons (Fsp3) is 0.632. The maximum Gasteiger partial charge on any atom is 0.255 e. The number of nitrogens with zero attached hydrogens (tertiary/aromatic N) is 1. The summed E-state index contributed by atoms with van der Waals surface area (Å²) >= 11 is 9.67. The Morgan fingerprint density at radius 1 is 1.39 bits per heavy atom. The summed E-state index contributed by atoms with van der Waals surface area (Å²) in [6.45, 7) is 4.73. The van der Waals surface area contributed by atoms with Crippen LogP contribution in [0.15, 0.2) is 10.5 Å². The number of carbonyl (C=O) groups excluding carboxylic acids is 1. The van der Waals surface area contributed by atoms with Gasteiger partial charge in [-0.15, -0.1) is 0 Å². The Morgan fingerprint density at radius 2 is 2.14 bits per heavy atom. The molecule has 2 aliphatic rings. The number of ether oxygens (including phenoxy) is 2. The van der Waals surface area contributed by atoms with E-state index in [0.717, 1.165) is 32.5 Å². The first-order chi connectivity index (χ1) is 13.5. The Kier molecular flexibility index (Phi) is 7.82. The number of hydrogen-bond acceptors (Lipinski definition) is 6. The van der Waals surface area contributed by atoms with Crippen LogP contribution in [0.1, 0.15) is 23.2 Å². The predicted molar refractivity (Wildman–Crippen MR) is 112 cm³/mol. The van der Waals surface area contributed by atoms with Gasteiger partial charge in [-0.3, -0.25) is 9.69 Å². The van der Waals surface area contributed by atoms with Crippen LogP contribution in [0.5, 0.6) is 11.5 Å². The maximum atomic E-state index is 12.8. The third kappa shape index (κ3) is 5.10. The van der Waals surface area contributed by atoms with Crippen molar-refractivity contribution in [2.75, 3.05) is 53.0 Å². The van der Waals surface area contributed by atoms with Gasteiger partial charge in [-0.1, -0.05) is 11.6 Å². The van der Waals surface area contributed by atoms with Crippen molar-refractivity contribution < 1.29 is 19.4 Å². The molecule has 0 spiro atoms. The number of benzene rings is 1. The lowest BCUT2D eigenvalue weighted by atomic mass is 9.93. The highest BCUT2D eigenvalue weighted by Gasteiger charge is 2.29. The number of piperidine rings is 1. The van der Waals surface area contributed by atoms with Crippen molar-refractivity contribution in [3.05, 3.63) is 21.1 Å². The fourth-order valence-corrected chi connectivity index (χ4v) is 4.11. The number of likely N-dealkylation sites (tertiary alicyclic amines) is 1. The summed E-state index contributed by atoms with van der Waals surface area (Å²) in [7, 11) is 1.92. The summed E-state index contributed by atoms with van der Waals surface area (Å²) in [4.78, 5) is 15.1. The molecule has 2 aliphatic heterocycles. The van der Waals surface area contributed by atoms with Gasteiger partial charge >= 0.3 is 0 Å². The number of aliphatic hydroxyl groups is 1. The summed E-state index contributed by atoms with van der Waals surface area (Å²) in [5.74, 6) is 0.624. The van der Waals surface area contributed by atoms with Crippen LogP contribution >= 0.6 is 27.5 Å². The summed E-state index contributed by atoms with van der Waals surface area (Å²) in [6.07, 6.45) is 1.11. The van der Waals surface area contributed by atoms with Crippen molar-refractivity contribution in [3.63, 3.8) is 0 Å². The topological polar surface area (TPSA) is 83.1 Å². The molecule has 3 N–H and O–H groups in total. The Hall–Kier alpha value is -1.06. The molecule has 0 saturated carbocycles. The van der Waals surface area contributed by atoms with E-state index in [9.17, 15) is 9.90 Å². The first-order valence-electron chi connectivity index (χ1n) is 9.62. The van der Waals surface area contributed by atoms with Crippen LogP contribution in [0.4, 0.5) is 0 Å². The largest absolute Gasteiger partial charge is 0.489 e. The van der Waals surface area contributed by atoms with Gasteiger partial charge in [0.05, 0.1) is 34.4 Å². The van der Waals surface area contributed by atoms with Crippen molar-refractivity contribution in [1.29, 1.82) is 0 Å². The normalized spacial score (nSPS) is 22.6. The number of aliphatic hydroxyl groups excluding tert-OH is 1. The minimum Gasteiger partial charge on any atom is -0.489 e. The van der Waals surface area contributed by atoms with E-state index in [2.05, 4.69) is 31.5 Å². The number of nitrogens with one attached hydrogen (secondary N) is 2. The zero-order chi connectivity index (χ0) is 20.1. The monoisotopic (exact) mass is 475 g/mol. The molecule has 1 aromatic carbocycles. The van der Waals surface area contributed by atoms with Crippen LogP contribution in [0.3, 0.4) is 0 Å². The predicted octanol–water partition coefficient (Wildman–Crippen LogP) is 1.90. The molecule has 0 aromatic heterocycles. The zero-order valence-electron chi connectivity index (χ0n) is 16.0. The Labute approximate surface area is 178 Å². The number of halogens is 2. The quantitative estimate of drug-likeness (QED) is 0.582. The number of fused-ring (bicyclic) bond motifs is 1. The number of carbonyl (C=O) groups is 1. The highest BCUT2D eigenvalue weighted by Crippen LogP contribution is 2.44. The van der Waals surface area contributed by atoms with Crippen LogP contribution in [0.25, 0.3) is 0 Å². The maximum absolute atomic E-state index is 12.8. The summed E-state index contributed by atoms with van der Waals surface area (Å²) in [5, 5.41) is 16.9. The summed E-state index contributed by atoms with van der Waals surface area (Å²) in [6, 6.07) is 1.59. The van der Waals surface area contributed by atoms with E-state index in [-0.39, 0.29) is 11.8 Å². The van der Waals surface area contributed by atoms with Gasteiger partial charge in [0, 0.05) is 38.5 Å². The molecule has 1 saturated heterocycles. The standard InChI is InChI=1S/C19H27BrClN3O4/c1-22-4-6-24-5-3-12(15(25)11-24)10-23-19(26)13-9-14(21)16(20)18-17(13)27-7-2-8-28-18/h9,12,15,22,25H,2-8,10-11H2,1H3,(H,23,26)/t12-,15+/m0/s1. The average molecular weight is 477 g/mol. The van der Waals surface area contributed by atoms with Gasteiger partial charge in [-0.25, -0.2) is 0 Å². The molecule has 2 atom stereocenters. The number of β-amino-alcohol motifs (C(OH)–C–C–N with tert-alkyl or cyclic N) is 1. The smallest absolute Gasteiger partial charge is 0.255 e. The molecule has 0 unspecified atom stereocenters. The zero-order valence-corrected chi connectivity index (χ0v) is 18.3. The van der Waals surface area contributed by atoms with Crippen LogP contribution in [0.2, 0.25) is 5.02 Å². The molecule has 1 amide bonds. The first kappa shape index (κ1) is 21.6. The first-order valence-corrected chi connectivity index (χ1v) is 10.8. The van der Waals surface area contributed by atoms with E-state index < -0.39 is 6.10 Å². The van der Waals surface area contributed by atoms with Crippen molar-refractivity contribution >= 4 is 33.4 Å². The summed E-state index contributed by atoms with van der Waals surface area (Å²) < 4.78 is 12.1. The van der Waals surface area contributed by atoms with Crippen LogP contribution in [-0.2, 0) is 0 Å². The molecular weight excluding hydrogens is 450 g/mol. The van der Waals surface area contributed by atoms with E-state index in [1.807, 2.05) is 7.05 Å². The number of likely N-dealkylation sites (N-methyl/N-ethyl adjacent to an activating group) is 1. The lowest BCUT2D eigenvalue weighted by Crippen LogP contribution is -2.48. The molecule has 156 valence electrons. The minimum absolute atomic E-state index is 0.0245. The minimum atomic E-state index is -0.462. The Morgan fingerprint density at radius 3 is 2.86 bits per heavy atom. The van der Waals surface area contributed by atoms with Crippen molar-refractivity contribution in [2.24, 2.45) is 5.92 Å². The molecule has 1 aromatic rings. The second-order valence-electron chi connectivity index (χ2n) is 7.16. The van der Waals surface area contributed by atoms with E-state index >= 15 is 0 Å². The molecular formula is C19H27BrClN3O4. The van der Waals surface area contributed by atoms with Gasteiger partial charge in [-0.05, 0) is 42.0 Å². The van der Waals surface area contributed by atoms with Crippen molar-refractivity contribution in [2.45, 2.75) is 18.9 Å². The van der Waals surface area contributed by atoms with Gasteiger partial charge in [0.2, 0.25) is 0 Å². The number of rotatable bonds is 6. The van der Waals surface area contributed by atoms with Gasteiger partial charge in [0.25, 0.3) is 5.91 Å². The molecule has 0 radical (unpaired) electrons.